The number of unbranched alkanes of at least 4 members (excludes halogenated alkanes) is 6. The van der Waals surface area contributed by atoms with Gasteiger partial charge in [-0.1, -0.05) is 72.6 Å². The Morgan fingerprint density at radius 2 is 1.56 bits per heavy atom. The van der Waals surface area contributed by atoms with Crippen molar-refractivity contribution in [1.29, 1.82) is 0 Å². The van der Waals surface area contributed by atoms with Crippen molar-refractivity contribution in [2.24, 2.45) is 5.41 Å². The molecule has 0 radical (unpaired) electrons. The average Bonchev–Trinajstić information content (AvgIpc) is 2.74. The molecule has 1 heterocycles. The van der Waals surface area contributed by atoms with Crippen LogP contribution in [0.1, 0.15) is 124 Å². The van der Waals surface area contributed by atoms with E-state index in [1.807, 2.05) is 6.07 Å². The highest BCUT2D eigenvalue weighted by atomic mass is 28.4. The molecule has 206 valence electrons. The number of carbonyl (C=O) groups is 2. The smallest absolute Gasteiger partial charge is 0.311 e. The predicted octanol–water partition coefficient (Wildman–Crippen LogP) is 8.30. The molecule has 0 unspecified atom stereocenters. The molecule has 0 aromatic carbocycles. The minimum atomic E-state index is -2.12. The fourth-order valence-electron chi connectivity index (χ4n) is 3.57. The molecular weight excluding hydrogens is 470 g/mol. The first-order valence-corrected chi connectivity index (χ1v) is 16.5. The Hall–Kier alpha value is -1.73. The second-order valence-electron chi connectivity index (χ2n) is 12.4. The van der Waals surface area contributed by atoms with E-state index in [0.29, 0.717) is 11.4 Å². The second kappa shape index (κ2) is 14.3. The van der Waals surface area contributed by atoms with Gasteiger partial charge in [-0.2, -0.15) is 0 Å². The van der Waals surface area contributed by atoms with Crippen LogP contribution in [0.3, 0.4) is 0 Å². The van der Waals surface area contributed by atoms with Crippen LogP contribution in [0.25, 0.3) is 0 Å². The van der Waals surface area contributed by atoms with Crippen molar-refractivity contribution in [3.8, 4) is 5.75 Å². The number of pyridine rings is 1. The molecule has 1 atom stereocenters. The molecule has 36 heavy (non-hydrogen) atoms. The standard InChI is InChI=1S/C29H51NO5Si/c1-11-12-13-14-15-16-17-18-25(35-36(9,10)29(6,7)8)23-19-20-30-24(26(23)34-22(2)31)21-33-27(32)28(3,4)5/h19-20,25H,11-18,21H2,1-10H3/t25-/m1/s1. The Kier molecular flexibility index (Phi) is 12.8. The Labute approximate surface area is 221 Å². The molecule has 0 fully saturated rings. The van der Waals surface area contributed by atoms with Crippen molar-refractivity contribution < 1.29 is 23.5 Å². The minimum absolute atomic E-state index is 0.0328. The van der Waals surface area contributed by atoms with Gasteiger partial charge < -0.3 is 13.9 Å². The van der Waals surface area contributed by atoms with Crippen LogP contribution in [0.15, 0.2) is 12.3 Å². The average molecular weight is 522 g/mol. The highest BCUT2D eigenvalue weighted by Gasteiger charge is 2.40. The number of aromatic nitrogens is 1. The van der Waals surface area contributed by atoms with Gasteiger partial charge in [0.2, 0.25) is 0 Å². The van der Waals surface area contributed by atoms with Crippen molar-refractivity contribution in [2.45, 2.75) is 138 Å². The number of rotatable bonds is 14. The summed E-state index contributed by atoms with van der Waals surface area (Å²) in [5.74, 6) is -0.409. The van der Waals surface area contributed by atoms with E-state index in [1.54, 1.807) is 27.0 Å². The third-order valence-corrected chi connectivity index (χ3v) is 11.4. The highest BCUT2D eigenvalue weighted by Crippen LogP contribution is 2.43. The fourth-order valence-corrected chi connectivity index (χ4v) is 4.88. The number of hydrogen-bond donors (Lipinski definition) is 0. The van der Waals surface area contributed by atoms with Gasteiger partial charge in [-0.3, -0.25) is 14.6 Å². The summed E-state index contributed by atoms with van der Waals surface area (Å²) in [7, 11) is -2.12. The summed E-state index contributed by atoms with van der Waals surface area (Å²) in [4.78, 5) is 28.9. The van der Waals surface area contributed by atoms with Gasteiger partial charge >= 0.3 is 11.9 Å². The normalized spacial score (nSPS) is 13.4. The lowest BCUT2D eigenvalue weighted by atomic mass is 9.97. The summed E-state index contributed by atoms with van der Waals surface area (Å²) in [6, 6.07) is 1.88. The van der Waals surface area contributed by atoms with Crippen molar-refractivity contribution in [3.63, 3.8) is 0 Å². The van der Waals surface area contributed by atoms with Gasteiger partial charge in [0, 0.05) is 18.7 Å². The summed E-state index contributed by atoms with van der Waals surface area (Å²) in [6.45, 7) is 20.1. The zero-order valence-electron chi connectivity index (χ0n) is 24.6. The van der Waals surface area contributed by atoms with Crippen LogP contribution in [-0.2, 0) is 25.4 Å². The Balaban J connectivity index is 3.26. The number of ether oxygens (including phenoxy) is 2. The van der Waals surface area contributed by atoms with E-state index in [1.165, 1.54) is 39.0 Å². The van der Waals surface area contributed by atoms with Crippen molar-refractivity contribution >= 4 is 20.3 Å². The highest BCUT2D eigenvalue weighted by molar-refractivity contribution is 6.74. The SMILES string of the molecule is CCCCCCCCC[C@@H](O[Si](C)(C)C(C)(C)C)c1ccnc(COC(=O)C(C)(C)C)c1OC(C)=O. The summed E-state index contributed by atoms with van der Waals surface area (Å²) in [6.07, 6.45) is 10.8. The van der Waals surface area contributed by atoms with Gasteiger partial charge in [-0.05, 0) is 51.4 Å². The molecule has 0 saturated heterocycles. The van der Waals surface area contributed by atoms with Crippen molar-refractivity contribution in [2.75, 3.05) is 0 Å². The quantitative estimate of drug-likeness (QED) is 0.139. The lowest BCUT2D eigenvalue weighted by Crippen LogP contribution is -2.42. The van der Waals surface area contributed by atoms with E-state index in [-0.39, 0.29) is 23.7 Å². The van der Waals surface area contributed by atoms with E-state index < -0.39 is 19.7 Å². The Bertz CT molecular complexity index is 839. The zero-order chi connectivity index (χ0) is 27.6. The van der Waals surface area contributed by atoms with Gasteiger partial charge in [0.15, 0.2) is 14.1 Å². The van der Waals surface area contributed by atoms with E-state index >= 15 is 0 Å². The first-order valence-electron chi connectivity index (χ1n) is 13.6. The third kappa shape index (κ3) is 10.7. The molecule has 0 saturated carbocycles. The number of nitrogens with zero attached hydrogens (tertiary/aromatic N) is 1. The molecule has 0 bridgehead atoms. The molecular formula is C29H51NO5Si. The second-order valence-corrected chi connectivity index (χ2v) is 17.1. The Morgan fingerprint density at radius 1 is 0.972 bits per heavy atom. The molecule has 0 spiro atoms. The van der Waals surface area contributed by atoms with E-state index in [4.69, 9.17) is 13.9 Å². The van der Waals surface area contributed by atoms with E-state index in [9.17, 15) is 9.59 Å². The fraction of sp³-hybridized carbons (Fsp3) is 0.759. The molecule has 0 amide bonds. The maximum atomic E-state index is 12.4. The van der Waals surface area contributed by atoms with Gasteiger partial charge in [-0.25, -0.2) is 0 Å². The van der Waals surface area contributed by atoms with E-state index in [0.717, 1.165) is 24.8 Å². The maximum absolute atomic E-state index is 12.4. The third-order valence-electron chi connectivity index (χ3n) is 6.87. The van der Waals surface area contributed by atoms with Gasteiger partial charge in [0.05, 0.1) is 11.5 Å². The molecule has 7 heteroatoms. The molecule has 0 aliphatic heterocycles. The van der Waals surface area contributed by atoms with Crippen molar-refractivity contribution in [1.82, 2.24) is 4.98 Å². The van der Waals surface area contributed by atoms with Crippen LogP contribution in [0.5, 0.6) is 5.75 Å². The first-order chi connectivity index (χ1) is 16.6. The van der Waals surface area contributed by atoms with Crippen LogP contribution in [0.4, 0.5) is 0 Å². The van der Waals surface area contributed by atoms with Gasteiger partial charge in [-0.15, -0.1) is 0 Å². The summed E-state index contributed by atoms with van der Waals surface area (Å²) in [5.41, 5.74) is 0.603. The monoisotopic (exact) mass is 521 g/mol. The molecule has 1 aromatic heterocycles. The molecule has 0 aliphatic carbocycles. The van der Waals surface area contributed by atoms with Crippen molar-refractivity contribution in [3.05, 3.63) is 23.5 Å². The first kappa shape index (κ1) is 32.3. The molecule has 6 nitrogen and oxygen atoms in total. The number of carbonyl (C=O) groups excluding carboxylic acids is 2. The molecule has 1 rings (SSSR count). The lowest BCUT2D eigenvalue weighted by molar-refractivity contribution is -0.154. The van der Waals surface area contributed by atoms with Crippen LogP contribution < -0.4 is 4.74 Å². The van der Waals surface area contributed by atoms with Gasteiger partial charge in [0.25, 0.3) is 0 Å². The maximum Gasteiger partial charge on any atom is 0.311 e. The van der Waals surface area contributed by atoms with Crippen LogP contribution in [0.2, 0.25) is 18.1 Å². The molecule has 0 aliphatic rings. The Morgan fingerprint density at radius 3 is 2.08 bits per heavy atom. The number of hydrogen-bond acceptors (Lipinski definition) is 6. The largest absolute Gasteiger partial charge is 0.459 e. The van der Waals surface area contributed by atoms with Crippen LogP contribution >= 0.6 is 0 Å². The summed E-state index contributed by atoms with van der Waals surface area (Å²) in [5, 5.41) is 0.0328. The molecule has 0 N–H and O–H groups in total. The van der Waals surface area contributed by atoms with Crippen LogP contribution in [0, 0.1) is 5.41 Å². The summed E-state index contributed by atoms with van der Waals surface area (Å²) < 4.78 is 18.1. The lowest BCUT2D eigenvalue weighted by Gasteiger charge is -2.39. The minimum Gasteiger partial charge on any atom is -0.459 e. The molecule has 1 aromatic rings. The topological polar surface area (TPSA) is 74.7 Å². The van der Waals surface area contributed by atoms with E-state index in [2.05, 4.69) is 45.8 Å². The zero-order valence-corrected chi connectivity index (χ0v) is 25.6. The predicted molar refractivity (Wildman–Crippen MR) is 148 cm³/mol. The van der Waals surface area contributed by atoms with Gasteiger partial charge in [0.1, 0.15) is 12.3 Å². The van der Waals surface area contributed by atoms with Crippen LogP contribution in [-0.4, -0.2) is 25.2 Å². The summed E-state index contributed by atoms with van der Waals surface area (Å²) >= 11 is 0. The number of esters is 2.